The fraction of sp³-hybridized carbons (Fsp3) is 0.500. The molecule has 0 aliphatic carbocycles. The Labute approximate surface area is 36.1 Å². The van der Waals surface area contributed by atoms with Crippen LogP contribution in [0.5, 0.6) is 0 Å². The molecule has 1 rings (SSSR count). The van der Waals surface area contributed by atoms with Crippen LogP contribution >= 0.6 is 0 Å². The Hall–Kier alpha value is -0.530. The van der Waals surface area contributed by atoms with Crippen LogP contribution in [0.3, 0.4) is 0 Å². The molecule has 0 saturated carbocycles. The summed E-state index contributed by atoms with van der Waals surface area (Å²) < 4.78 is 4.34. The zero-order valence-electron chi connectivity index (χ0n) is 3.52. The van der Waals surface area contributed by atoms with Gasteiger partial charge in [-0.2, -0.15) is 0 Å². The van der Waals surface area contributed by atoms with E-state index >= 15 is 0 Å². The van der Waals surface area contributed by atoms with Gasteiger partial charge in [-0.15, -0.1) is 0 Å². The molecule has 1 heterocycles. The number of rotatable bonds is 1. The van der Waals surface area contributed by atoms with Crippen molar-refractivity contribution in [1.29, 1.82) is 0 Å². The lowest BCUT2D eigenvalue weighted by atomic mass is 10.4. The topological polar surface area (TPSA) is 29.6 Å². The fourth-order valence-corrected chi connectivity index (χ4v) is 0.303. The highest BCUT2D eigenvalue weighted by atomic mass is 16.6. The summed E-state index contributed by atoms with van der Waals surface area (Å²) in [5, 5.41) is 0. The molecule has 1 fully saturated rings. The summed E-state index contributed by atoms with van der Waals surface area (Å²) in [6.45, 7) is 1.89. The van der Waals surface area contributed by atoms with E-state index < -0.39 is 0 Å². The second kappa shape index (κ2) is 0.965. The molecule has 0 amide bonds. The minimum atomic E-state index is -0.127. The van der Waals surface area contributed by atoms with Crippen LogP contribution < -0.4 is 0 Å². The van der Waals surface area contributed by atoms with Crippen molar-refractivity contribution in [3.05, 3.63) is 6.10 Å². The van der Waals surface area contributed by atoms with Crippen molar-refractivity contribution in [2.24, 2.45) is 0 Å². The Morgan fingerprint density at radius 1 is 1.83 bits per heavy atom. The van der Waals surface area contributed by atoms with Gasteiger partial charge in [0.15, 0.2) is 0 Å². The van der Waals surface area contributed by atoms with Gasteiger partial charge in [-0.05, 0) is 0 Å². The van der Waals surface area contributed by atoms with Crippen molar-refractivity contribution in [3.63, 3.8) is 0 Å². The Morgan fingerprint density at radius 3 is 2.33 bits per heavy atom. The summed E-state index contributed by atoms with van der Waals surface area (Å²) in [4.78, 5) is 9.86. The maximum atomic E-state index is 9.86. The summed E-state index contributed by atoms with van der Waals surface area (Å²) in [7, 11) is 0. The first kappa shape index (κ1) is 3.65. The molecule has 1 aliphatic heterocycles. The highest BCUT2D eigenvalue weighted by Gasteiger charge is 2.37. The summed E-state index contributed by atoms with van der Waals surface area (Å²) in [6.07, 6.45) is 1.37. The Balaban J connectivity index is 2.26. The number of ether oxygens (including phenoxy) is 1. The monoisotopic (exact) mass is 85.0 g/mol. The molecule has 1 aliphatic rings. The zero-order chi connectivity index (χ0) is 4.57. The van der Waals surface area contributed by atoms with E-state index in [1.54, 1.807) is 0 Å². The van der Waals surface area contributed by atoms with Crippen LogP contribution in [-0.4, -0.2) is 5.97 Å². The zero-order valence-corrected chi connectivity index (χ0v) is 3.52. The SMILES string of the molecule is CC[C]1OC1=O. The third-order valence-electron chi connectivity index (χ3n) is 0.723. The van der Waals surface area contributed by atoms with Crippen LogP contribution in [0, 0.1) is 6.10 Å². The summed E-state index contributed by atoms with van der Waals surface area (Å²) in [5.74, 6) is -0.127. The lowest BCUT2D eigenvalue weighted by Gasteiger charge is -1.63. The van der Waals surface area contributed by atoms with E-state index in [9.17, 15) is 4.79 Å². The first-order chi connectivity index (χ1) is 2.84. The number of hydrogen-bond acceptors (Lipinski definition) is 2. The summed E-state index contributed by atoms with van der Waals surface area (Å²) >= 11 is 0. The van der Waals surface area contributed by atoms with E-state index in [1.807, 2.05) is 6.92 Å². The van der Waals surface area contributed by atoms with Crippen LogP contribution in [0.4, 0.5) is 0 Å². The normalized spacial score (nSPS) is 20.5. The average molecular weight is 85.1 g/mol. The largest absolute Gasteiger partial charge is 0.439 e. The van der Waals surface area contributed by atoms with Gasteiger partial charge in [-0.3, -0.25) is 0 Å². The van der Waals surface area contributed by atoms with E-state index in [0.29, 0.717) is 6.10 Å². The van der Waals surface area contributed by atoms with Crippen molar-refractivity contribution >= 4 is 5.97 Å². The van der Waals surface area contributed by atoms with E-state index in [4.69, 9.17) is 0 Å². The first-order valence-corrected chi connectivity index (χ1v) is 1.92. The molecule has 0 aromatic heterocycles. The van der Waals surface area contributed by atoms with Gasteiger partial charge < -0.3 is 4.74 Å². The molecule has 0 unspecified atom stereocenters. The molecule has 1 saturated heterocycles. The molecule has 0 aromatic rings. The second-order valence-electron chi connectivity index (χ2n) is 1.17. The van der Waals surface area contributed by atoms with Crippen molar-refractivity contribution in [2.45, 2.75) is 13.3 Å². The maximum Gasteiger partial charge on any atom is 0.356 e. The molecule has 2 heteroatoms. The van der Waals surface area contributed by atoms with Crippen LogP contribution in [-0.2, 0) is 9.53 Å². The van der Waals surface area contributed by atoms with Gasteiger partial charge in [0.1, 0.15) is 0 Å². The minimum absolute atomic E-state index is 0.127. The van der Waals surface area contributed by atoms with Gasteiger partial charge >= 0.3 is 5.97 Å². The van der Waals surface area contributed by atoms with Crippen molar-refractivity contribution in [3.8, 4) is 0 Å². The fourth-order valence-electron chi connectivity index (χ4n) is 0.303. The molecular weight excluding hydrogens is 80.0 g/mol. The number of carbonyl (C=O) groups is 1. The first-order valence-electron chi connectivity index (χ1n) is 1.92. The van der Waals surface area contributed by atoms with Gasteiger partial charge in [-0.1, -0.05) is 6.92 Å². The van der Waals surface area contributed by atoms with Crippen molar-refractivity contribution in [2.75, 3.05) is 0 Å². The standard InChI is InChI=1S/C4H5O2/c1-2-3-4(5)6-3/h2H2,1H3. The number of epoxide rings is 1. The molecule has 0 atom stereocenters. The van der Waals surface area contributed by atoms with Gasteiger partial charge in [0, 0.05) is 6.42 Å². The Kier molecular flexibility index (Phi) is 0.587. The quantitative estimate of drug-likeness (QED) is 0.433. The van der Waals surface area contributed by atoms with Crippen LogP contribution in [0.15, 0.2) is 0 Å². The molecule has 1 radical (unpaired) electrons. The highest BCUT2D eigenvalue weighted by molar-refractivity contribution is 5.96. The maximum absolute atomic E-state index is 9.86. The average Bonchev–Trinajstić information content (AvgIpc) is 2.19. The smallest absolute Gasteiger partial charge is 0.356 e. The third kappa shape index (κ3) is 0.379. The van der Waals surface area contributed by atoms with E-state index in [2.05, 4.69) is 4.74 Å². The number of cyclic esters (lactones) is 1. The Bertz CT molecular complexity index is 77.6. The van der Waals surface area contributed by atoms with Crippen molar-refractivity contribution < 1.29 is 9.53 Å². The van der Waals surface area contributed by atoms with Gasteiger partial charge in [0.05, 0.1) is 0 Å². The molecular formula is C4H5O2. The number of carbonyl (C=O) groups excluding carboxylic acids is 1. The summed E-state index contributed by atoms with van der Waals surface area (Å²) in [6, 6.07) is 0. The lowest BCUT2D eigenvalue weighted by Crippen LogP contribution is -1.66. The molecule has 6 heavy (non-hydrogen) atoms. The van der Waals surface area contributed by atoms with Gasteiger partial charge in [0.2, 0.25) is 0 Å². The van der Waals surface area contributed by atoms with Gasteiger partial charge in [-0.25, -0.2) is 4.79 Å². The van der Waals surface area contributed by atoms with Crippen LogP contribution in [0.2, 0.25) is 0 Å². The molecule has 0 spiro atoms. The van der Waals surface area contributed by atoms with E-state index in [1.165, 1.54) is 0 Å². The third-order valence-corrected chi connectivity index (χ3v) is 0.723. The van der Waals surface area contributed by atoms with Crippen LogP contribution in [0.1, 0.15) is 13.3 Å². The lowest BCUT2D eigenvalue weighted by molar-refractivity contribution is -0.117. The molecule has 0 bridgehead atoms. The molecule has 0 aromatic carbocycles. The van der Waals surface area contributed by atoms with Gasteiger partial charge in [0.25, 0.3) is 6.10 Å². The highest BCUT2D eigenvalue weighted by Crippen LogP contribution is 2.24. The number of hydrogen-bond donors (Lipinski definition) is 0. The van der Waals surface area contributed by atoms with Crippen molar-refractivity contribution in [1.82, 2.24) is 0 Å². The molecule has 0 N–H and O–H groups in total. The predicted octanol–water partition coefficient (Wildman–Crippen LogP) is 0.485. The van der Waals surface area contributed by atoms with E-state index in [-0.39, 0.29) is 5.97 Å². The minimum Gasteiger partial charge on any atom is -0.439 e. The molecule has 33 valence electrons. The Morgan fingerprint density at radius 2 is 2.33 bits per heavy atom. The predicted molar refractivity (Wildman–Crippen MR) is 19.6 cm³/mol. The van der Waals surface area contributed by atoms with E-state index in [0.717, 1.165) is 6.42 Å². The summed E-state index contributed by atoms with van der Waals surface area (Å²) in [5.41, 5.74) is 0. The van der Waals surface area contributed by atoms with Crippen LogP contribution in [0.25, 0.3) is 0 Å². The molecule has 2 nitrogen and oxygen atoms in total. The second-order valence-corrected chi connectivity index (χ2v) is 1.17.